The van der Waals surface area contributed by atoms with E-state index in [-0.39, 0.29) is 11.7 Å². The largest absolute Gasteiger partial charge is 0.308 e. The van der Waals surface area contributed by atoms with Crippen LogP contribution in [0.1, 0.15) is 36.6 Å². The minimum atomic E-state index is -0.401. The number of anilines is 1. The van der Waals surface area contributed by atoms with Crippen molar-refractivity contribution in [2.45, 2.75) is 0 Å². The van der Waals surface area contributed by atoms with Crippen LogP contribution >= 0.6 is 0 Å². The van der Waals surface area contributed by atoms with Crippen molar-refractivity contribution in [1.82, 2.24) is 4.57 Å². The van der Waals surface area contributed by atoms with Gasteiger partial charge in [-0.2, -0.15) is 0 Å². The summed E-state index contributed by atoms with van der Waals surface area (Å²) < 4.78 is 1.97. The molecule has 8 rings (SSSR count). The molecule has 44 heavy (non-hydrogen) atoms. The summed E-state index contributed by atoms with van der Waals surface area (Å²) in [6.45, 7) is 0. The molecule has 0 N–H and O–H groups in total. The van der Waals surface area contributed by atoms with E-state index in [1.165, 1.54) is 4.90 Å². The lowest BCUT2D eigenvalue weighted by atomic mass is 10.00. The summed E-state index contributed by atoms with van der Waals surface area (Å²) in [7, 11) is 0. The van der Waals surface area contributed by atoms with Crippen LogP contribution in [0, 0.1) is 0 Å². The van der Waals surface area contributed by atoms with Crippen LogP contribution in [0.25, 0.3) is 38.6 Å². The van der Waals surface area contributed by atoms with Crippen LogP contribution in [0.4, 0.5) is 5.69 Å². The Balaban J connectivity index is 1.38. The van der Waals surface area contributed by atoms with Crippen LogP contribution in [0.3, 0.4) is 0 Å². The summed E-state index contributed by atoms with van der Waals surface area (Å²) >= 11 is 0. The van der Waals surface area contributed by atoms with Gasteiger partial charge in [0.1, 0.15) is 0 Å². The summed E-state index contributed by atoms with van der Waals surface area (Å²) in [6.07, 6.45) is 0. The Bertz CT molecular complexity index is 2280. The highest BCUT2D eigenvalue weighted by atomic mass is 16.2. The van der Waals surface area contributed by atoms with Crippen LogP contribution in [-0.2, 0) is 0 Å². The van der Waals surface area contributed by atoms with Crippen LogP contribution in [-0.4, -0.2) is 22.2 Å². The van der Waals surface area contributed by atoms with Gasteiger partial charge < -0.3 is 4.57 Å². The fourth-order valence-corrected chi connectivity index (χ4v) is 6.40. The number of imide groups is 1. The molecule has 208 valence electrons. The predicted octanol–water partition coefficient (Wildman–Crippen LogP) is 8.48. The number of carbonyl (C=O) groups excluding carboxylic acids is 3. The fourth-order valence-electron chi connectivity index (χ4n) is 6.40. The summed E-state index contributed by atoms with van der Waals surface area (Å²) in [5.41, 5.74) is 6.04. The monoisotopic (exact) mass is 568 g/mol. The topological polar surface area (TPSA) is 59.4 Å². The number of rotatable bonds is 5. The molecule has 0 fully saturated rings. The van der Waals surface area contributed by atoms with Gasteiger partial charge in [-0.05, 0) is 35.9 Å². The van der Waals surface area contributed by atoms with Gasteiger partial charge in [0.05, 0.1) is 33.5 Å². The molecule has 1 aromatic heterocycles. The van der Waals surface area contributed by atoms with Gasteiger partial charge >= 0.3 is 0 Å². The Hall–Kier alpha value is -6.07. The van der Waals surface area contributed by atoms with E-state index in [9.17, 15) is 14.4 Å². The van der Waals surface area contributed by atoms with E-state index in [0.717, 1.165) is 27.4 Å². The minimum absolute atomic E-state index is 0.117. The lowest BCUT2D eigenvalue weighted by molar-refractivity contribution is 0.0925. The molecule has 5 nitrogen and oxygen atoms in total. The fraction of sp³-hybridized carbons (Fsp3) is 0. The van der Waals surface area contributed by atoms with Crippen molar-refractivity contribution in [2.24, 2.45) is 0 Å². The predicted molar refractivity (Wildman–Crippen MR) is 174 cm³/mol. The van der Waals surface area contributed by atoms with Crippen molar-refractivity contribution < 1.29 is 14.4 Å². The number of nitrogens with zero attached hydrogens (tertiary/aromatic N) is 2. The molecule has 0 spiro atoms. The van der Waals surface area contributed by atoms with Gasteiger partial charge in [-0.25, -0.2) is 4.90 Å². The van der Waals surface area contributed by atoms with Crippen molar-refractivity contribution >= 4 is 45.1 Å². The van der Waals surface area contributed by atoms with Crippen molar-refractivity contribution in [3.63, 3.8) is 0 Å². The van der Waals surface area contributed by atoms with E-state index >= 15 is 0 Å². The Morgan fingerprint density at radius 1 is 0.500 bits per heavy atom. The number of aromatic nitrogens is 1. The van der Waals surface area contributed by atoms with E-state index in [1.807, 2.05) is 120 Å². The molecule has 1 aliphatic heterocycles. The van der Waals surface area contributed by atoms with E-state index in [2.05, 4.69) is 0 Å². The lowest BCUT2D eigenvalue weighted by Crippen LogP contribution is -2.30. The summed E-state index contributed by atoms with van der Waals surface area (Å²) in [5, 5.41) is 1.84. The van der Waals surface area contributed by atoms with Crippen molar-refractivity contribution in [1.29, 1.82) is 0 Å². The molecule has 0 saturated heterocycles. The van der Waals surface area contributed by atoms with Crippen molar-refractivity contribution in [3.8, 4) is 16.8 Å². The number of hydrogen-bond donors (Lipinski definition) is 0. The molecular weight excluding hydrogens is 544 g/mol. The van der Waals surface area contributed by atoms with Crippen LogP contribution < -0.4 is 4.90 Å². The molecule has 2 amide bonds. The molecule has 2 heterocycles. The lowest BCUT2D eigenvalue weighted by Gasteiger charge is -2.19. The van der Waals surface area contributed by atoms with Crippen LogP contribution in [0.15, 0.2) is 146 Å². The zero-order valence-corrected chi connectivity index (χ0v) is 23.5. The standard InChI is InChI=1S/C39H24N2O3/c42-37(26-15-5-2-6-16-26)31-21-11-19-29-28-18-8-10-23-33(28)40(36(29)31)34-24-12-20-30-35(34)39(44)41(38(30)43)32-22-9-7-17-27(32)25-13-3-1-4-14-25/h1-24H. The Kier molecular flexibility index (Phi) is 5.84. The van der Waals surface area contributed by atoms with E-state index in [1.54, 1.807) is 30.3 Å². The van der Waals surface area contributed by atoms with Gasteiger partial charge in [-0.3, -0.25) is 14.4 Å². The third-order valence-corrected chi connectivity index (χ3v) is 8.34. The van der Waals surface area contributed by atoms with Gasteiger partial charge in [0.2, 0.25) is 0 Å². The van der Waals surface area contributed by atoms with E-state index in [0.29, 0.717) is 39.1 Å². The highest BCUT2D eigenvalue weighted by Crippen LogP contribution is 2.41. The number of para-hydroxylation sites is 3. The molecule has 0 aliphatic carbocycles. The first-order valence-corrected chi connectivity index (χ1v) is 14.4. The molecule has 6 aromatic carbocycles. The summed E-state index contributed by atoms with van der Waals surface area (Å²) in [5.74, 6) is -0.896. The molecule has 7 aromatic rings. The first-order chi connectivity index (χ1) is 21.6. The summed E-state index contributed by atoms with van der Waals surface area (Å²) in [6, 6.07) is 45.3. The second-order valence-electron chi connectivity index (χ2n) is 10.8. The number of ketones is 1. The van der Waals surface area contributed by atoms with Crippen molar-refractivity contribution in [2.75, 3.05) is 4.90 Å². The zero-order valence-electron chi connectivity index (χ0n) is 23.5. The van der Waals surface area contributed by atoms with Crippen molar-refractivity contribution in [3.05, 3.63) is 168 Å². The van der Waals surface area contributed by atoms with E-state index < -0.39 is 5.91 Å². The molecule has 0 unspecified atom stereocenters. The Labute approximate surface area is 253 Å². The third-order valence-electron chi connectivity index (χ3n) is 8.34. The second-order valence-corrected chi connectivity index (χ2v) is 10.8. The van der Waals surface area contributed by atoms with Gasteiger partial charge in [-0.1, -0.05) is 115 Å². The molecule has 0 atom stereocenters. The highest BCUT2D eigenvalue weighted by molar-refractivity contribution is 6.36. The number of fused-ring (bicyclic) bond motifs is 4. The van der Waals surface area contributed by atoms with Gasteiger partial charge in [0, 0.05) is 27.5 Å². The maximum Gasteiger partial charge on any atom is 0.268 e. The van der Waals surface area contributed by atoms with Crippen LogP contribution in [0.5, 0.6) is 0 Å². The van der Waals surface area contributed by atoms with Gasteiger partial charge in [-0.15, -0.1) is 0 Å². The molecule has 0 radical (unpaired) electrons. The van der Waals surface area contributed by atoms with Gasteiger partial charge in [0.15, 0.2) is 5.78 Å². The quantitative estimate of drug-likeness (QED) is 0.155. The summed E-state index contributed by atoms with van der Waals surface area (Å²) in [4.78, 5) is 43.7. The maximum absolute atomic E-state index is 14.4. The average Bonchev–Trinajstić information content (AvgIpc) is 3.56. The normalized spacial score (nSPS) is 12.7. The molecular formula is C39H24N2O3. The molecule has 5 heteroatoms. The third kappa shape index (κ3) is 3.76. The number of benzene rings is 6. The zero-order chi connectivity index (χ0) is 29.8. The average molecular weight is 569 g/mol. The SMILES string of the molecule is O=C(c1ccccc1)c1cccc2c3ccccc3n(-c3cccc4c3C(=O)N(c3ccccc3-c3ccccc3)C4=O)c12. The maximum atomic E-state index is 14.4. The minimum Gasteiger partial charge on any atom is -0.308 e. The smallest absolute Gasteiger partial charge is 0.268 e. The number of hydrogen-bond acceptors (Lipinski definition) is 3. The molecule has 0 bridgehead atoms. The Morgan fingerprint density at radius 2 is 1.11 bits per heavy atom. The van der Waals surface area contributed by atoms with E-state index in [4.69, 9.17) is 0 Å². The molecule has 0 saturated carbocycles. The first kappa shape index (κ1) is 25.6. The van der Waals surface area contributed by atoms with Crippen LogP contribution in [0.2, 0.25) is 0 Å². The highest BCUT2D eigenvalue weighted by Gasteiger charge is 2.40. The van der Waals surface area contributed by atoms with Gasteiger partial charge in [0.25, 0.3) is 11.8 Å². The Morgan fingerprint density at radius 3 is 1.93 bits per heavy atom. The first-order valence-electron chi connectivity index (χ1n) is 14.4. The number of amides is 2. The second kappa shape index (κ2) is 10.0. The number of carbonyl (C=O) groups is 3. The molecule has 1 aliphatic rings.